The second kappa shape index (κ2) is 9.89. The number of fused-ring (bicyclic) bond motifs is 2. The summed E-state index contributed by atoms with van der Waals surface area (Å²) in [4.78, 5) is 12.9. The lowest BCUT2D eigenvalue weighted by atomic mass is 9.97. The monoisotopic (exact) mass is 508 g/mol. The summed E-state index contributed by atoms with van der Waals surface area (Å²) >= 11 is 3.47. The van der Waals surface area contributed by atoms with Crippen molar-refractivity contribution in [1.82, 2.24) is 5.43 Å². The fourth-order valence-electron chi connectivity index (χ4n) is 3.97. The summed E-state index contributed by atoms with van der Waals surface area (Å²) in [5, 5.41) is 8.71. The number of rotatable bonds is 6. The summed E-state index contributed by atoms with van der Waals surface area (Å²) in [6.45, 7) is 0.356. The maximum absolute atomic E-state index is 12.9. The molecule has 166 valence electrons. The van der Waals surface area contributed by atoms with E-state index in [0.717, 1.165) is 37.1 Å². The fraction of sp³-hybridized carbons (Fsp3) is 0.0345. The highest BCUT2D eigenvalue weighted by Gasteiger charge is 2.12. The molecule has 1 amide bonds. The third kappa shape index (κ3) is 4.70. The van der Waals surface area contributed by atoms with Crippen LogP contribution in [0.3, 0.4) is 0 Å². The highest BCUT2D eigenvalue weighted by atomic mass is 79.9. The van der Waals surface area contributed by atoms with Crippen molar-refractivity contribution >= 4 is 49.6 Å². The van der Waals surface area contributed by atoms with Gasteiger partial charge in [-0.1, -0.05) is 88.7 Å². The largest absolute Gasteiger partial charge is 0.488 e. The van der Waals surface area contributed by atoms with E-state index in [4.69, 9.17) is 4.74 Å². The zero-order chi connectivity index (χ0) is 23.3. The van der Waals surface area contributed by atoms with Crippen LogP contribution in [-0.4, -0.2) is 12.1 Å². The molecule has 5 aromatic rings. The molecule has 0 spiro atoms. The van der Waals surface area contributed by atoms with Gasteiger partial charge >= 0.3 is 0 Å². The first kappa shape index (κ1) is 21.9. The predicted octanol–water partition coefficient (Wildman–Crippen LogP) is 7.10. The van der Waals surface area contributed by atoms with Crippen LogP contribution in [0.4, 0.5) is 0 Å². The second-order valence-electron chi connectivity index (χ2n) is 7.85. The van der Waals surface area contributed by atoms with E-state index >= 15 is 0 Å². The van der Waals surface area contributed by atoms with Crippen molar-refractivity contribution in [2.24, 2.45) is 5.10 Å². The molecule has 0 bridgehead atoms. The molecule has 0 unspecified atom stereocenters. The molecular formula is C29H21BrN2O2. The quantitative estimate of drug-likeness (QED) is 0.151. The first-order chi connectivity index (χ1) is 16.7. The standard InChI is InChI=1S/C29H21BrN2O2/c30-23-11-7-8-20(16-23)19-34-28-15-6-5-14-26(28)29(33)32-31-18-27-24-12-3-1-9-21(24)17-22-10-2-4-13-25(22)27/h1-18H,19H2,(H,32,33). The maximum Gasteiger partial charge on any atom is 0.275 e. The lowest BCUT2D eigenvalue weighted by Gasteiger charge is -2.11. The number of carbonyl (C=O) groups excluding carboxylic acids is 1. The summed E-state index contributed by atoms with van der Waals surface area (Å²) < 4.78 is 6.93. The van der Waals surface area contributed by atoms with E-state index in [1.807, 2.05) is 60.7 Å². The number of nitrogens with zero attached hydrogens (tertiary/aromatic N) is 1. The Morgan fingerprint density at radius 1 is 0.824 bits per heavy atom. The molecule has 34 heavy (non-hydrogen) atoms. The van der Waals surface area contributed by atoms with Crippen LogP contribution in [0.2, 0.25) is 0 Å². The van der Waals surface area contributed by atoms with Crippen molar-refractivity contribution in [3.63, 3.8) is 0 Å². The van der Waals surface area contributed by atoms with Crippen LogP contribution in [-0.2, 0) is 6.61 Å². The predicted molar refractivity (Wildman–Crippen MR) is 141 cm³/mol. The van der Waals surface area contributed by atoms with E-state index in [9.17, 15) is 4.79 Å². The smallest absolute Gasteiger partial charge is 0.275 e. The SMILES string of the molecule is O=C(NN=Cc1c2ccccc2cc2ccccc12)c1ccccc1OCc1cccc(Br)c1. The normalized spacial score (nSPS) is 11.2. The Morgan fingerprint density at radius 2 is 1.50 bits per heavy atom. The van der Waals surface area contributed by atoms with Gasteiger partial charge in [-0.3, -0.25) is 4.79 Å². The minimum atomic E-state index is -0.328. The molecule has 0 aliphatic heterocycles. The zero-order valence-electron chi connectivity index (χ0n) is 18.2. The summed E-state index contributed by atoms with van der Waals surface area (Å²) in [6, 6.07) is 33.6. The molecule has 0 aliphatic carbocycles. The van der Waals surface area contributed by atoms with Gasteiger partial charge in [0.25, 0.3) is 5.91 Å². The number of benzene rings is 5. The molecule has 5 aromatic carbocycles. The van der Waals surface area contributed by atoms with E-state index in [-0.39, 0.29) is 5.91 Å². The van der Waals surface area contributed by atoms with Crippen LogP contribution in [0.1, 0.15) is 21.5 Å². The lowest BCUT2D eigenvalue weighted by Crippen LogP contribution is -2.18. The van der Waals surface area contributed by atoms with Gasteiger partial charge in [-0.05, 0) is 57.4 Å². The summed E-state index contributed by atoms with van der Waals surface area (Å²) in [5.41, 5.74) is 5.07. The molecule has 0 heterocycles. The van der Waals surface area contributed by atoms with Crippen LogP contribution in [0.15, 0.2) is 113 Å². The molecule has 5 heteroatoms. The third-order valence-electron chi connectivity index (χ3n) is 5.59. The Labute approximate surface area is 206 Å². The van der Waals surface area contributed by atoms with Crippen molar-refractivity contribution in [3.05, 3.63) is 124 Å². The molecule has 0 atom stereocenters. The Bertz CT molecular complexity index is 1470. The zero-order valence-corrected chi connectivity index (χ0v) is 19.8. The van der Waals surface area contributed by atoms with E-state index < -0.39 is 0 Å². The average Bonchev–Trinajstić information content (AvgIpc) is 2.87. The minimum Gasteiger partial charge on any atom is -0.488 e. The van der Waals surface area contributed by atoms with Gasteiger partial charge < -0.3 is 4.74 Å². The molecule has 0 aromatic heterocycles. The highest BCUT2D eigenvalue weighted by molar-refractivity contribution is 9.10. The molecule has 0 saturated heterocycles. The Hall–Kier alpha value is -3.96. The van der Waals surface area contributed by atoms with E-state index in [0.29, 0.717) is 17.9 Å². The number of hydrogen-bond acceptors (Lipinski definition) is 3. The molecule has 5 rings (SSSR count). The first-order valence-corrected chi connectivity index (χ1v) is 11.7. The second-order valence-corrected chi connectivity index (χ2v) is 8.76. The van der Waals surface area contributed by atoms with Gasteiger partial charge in [0.15, 0.2) is 0 Å². The lowest BCUT2D eigenvalue weighted by molar-refractivity contribution is 0.0950. The third-order valence-corrected chi connectivity index (χ3v) is 6.08. The van der Waals surface area contributed by atoms with E-state index in [2.05, 4.69) is 56.8 Å². The Balaban J connectivity index is 1.38. The van der Waals surface area contributed by atoms with Gasteiger partial charge in [-0.15, -0.1) is 0 Å². The van der Waals surface area contributed by atoms with Crippen LogP contribution in [0.5, 0.6) is 5.75 Å². The number of hydrogen-bond donors (Lipinski definition) is 1. The van der Waals surface area contributed by atoms with Crippen LogP contribution in [0, 0.1) is 0 Å². The van der Waals surface area contributed by atoms with Crippen LogP contribution < -0.4 is 10.2 Å². The minimum absolute atomic E-state index is 0.328. The summed E-state index contributed by atoms with van der Waals surface area (Å²) in [7, 11) is 0. The summed E-state index contributed by atoms with van der Waals surface area (Å²) in [5.74, 6) is 0.177. The van der Waals surface area contributed by atoms with Crippen LogP contribution >= 0.6 is 15.9 Å². The average molecular weight is 509 g/mol. The molecule has 0 aliphatic rings. The number of carbonyl (C=O) groups is 1. The van der Waals surface area contributed by atoms with Crippen molar-refractivity contribution in [3.8, 4) is 5.75 Å². The first-order valence-electron chi connectivity index (χ1n) is 10.9. The van der Waals surface area contributed by atoms with Gasteiger partial charge in [0.05, 0.1) is 11.8 Å². The molecule has 1 N–H and O–H groups in total. The summed E-state index contributed by atoms with van der Waals surface area (Å²) in [6.07, 6.45) is 1.72. The number of hydrazone groups is 1. The van der Waals surface area contributed by atoms with Gasteiger partial charge in [-0.25, -0.2) is 5.43 Å². The number of ether oxygens (including phenoxy) is 1. The van der Waals surface area contributed by atoms with E-state index in [1.165, 1.54) is 0 Å². The van der Waals surface area contributed by atoms with Gasteiger partial charge in [0.2, 0.25) is 0 Å². The maximum atomic E-state index is 12.9. The Kier molecular flexibility index (Phi) is 6.36. The van der Waals surface area contributed by atoms with Crippen LogP contribution in [0.25, 0.3) is 21.5 Å². The Morgan fingerprint density at radius 3 is 2.24 bits per heavy atom. The highest BCUT2D eigenvalue weighted by Crippen LogP contribution is 2.27. The molecule has 0 fully saturated rings. The van der Waals surface area contributed by atoms with Crippen molar-refractivity contribution in [2.45, 2.75) is 6.61 Å². The van der Waals surface area contributed by atoms with Gasteiger partial charge in [0, 0.05) is 10.0 Å². The topological polar surface area (TPSA) is 50.7 Å². The van der Waals surface area contributed by atoms with Crippen molar-refractivity contribution in [1.29, 1.82) is 0 Å². The number of amides is 1. The van der Waals surface area contributed by atoms with Crippen molar-refractivity contribution in [2.75, 3.05) is 0 Å². The van der Waals surface area contributed by atoms with Gasteiger partial charge in [0.1, 0.15) is 12.4 Å². The number of halogens is 1. The van der Waals surface area contributed by atoms with Crippen molar-refractivity contribution < 1.29 is 9.53 Å². The molecule has 0 radical (unpaired) electrons. The fourth-order valence-corrected chi connectivity index (χ4v) is 4.42. The molecule has 0 saturated carbocycles. The molecule has 4 nitrogen and oxygen atoms in total. The van der Waals surface area contributed by atoms with Gasteiger partial charge in [-0.2, -0.15) is 5.10 Å². The molecular weight excluding hydrogens is 488 g/mol. The number of nitrogens with one attached hydrogen (secondary N) is 1. The van der Waals surface area contributed by atoms with E-state index in [1.54, 1.807) is 18.3 Å². The number of para-hydroxylation sites is 1.